The first-order valence-electron chi connectivity index (χ1n) is 6.23. The van der Waals surface area contributed by atoms with Crippen LogP contribution in [-0.2, 0) is 16.1 Å². The number of benzene rings is 1. The van der Waals surface area contributed by atoms with Crippen LogP contribution in [0.4, 0.5) is 0 Å². The van der Waals surface area contributed by atoms with Crippen molar-refractivity contribution < 1.29 is 9.59 Å². The molecule has 104 valence electrons. The molecule has 2 amide bonds. The lowest BCUT2D eigenvalue weighted by molar-refractivity contribution is -0.129. The summed E-state index contributed by atoms with van der Waals surface area (Å²) < 4.78 is 0. The van der Waals surface area contributed by atoms with Gasteiger partial charge in [0.1, 0.15) is 0 Å². The third-order valence-corrected chi connectivity index (χ3v) is 2.93. The number of hydrogen-bond acceptors (Lipinski definition) is 3. The molecule has 0 aliphatic carbocycles. The maximum Gasteiger partial charge on any atom is 0.240 e. The average Bonchev–Trinajstić information content (AvgIpc) is 2.43. The number of hydrogen-bond donors (Lipinski definition) is 3. The van der Waals surface area contributed by atoms with E-state index < -0.39 is 5.54 Å². The molecule has 0 spiro atoms. The number of nitrogens with one attached hydrogen (secondary N) is 3. The summed E-state index contributed by atoms with van der Waals surface area (Å²) in [6.45, 7) is 3.95. The Balaban J connectivity index is 2.31. The Labute approximate surface area is 113 Å². The minimum atomic E-state index is -0.681. The first kappa shape index (κ1) is 15.2. The van der Waals surface area contributed by atoms with Gasteiger partial charge in [-0.05, 0) is 26.5 Å². The van der Waals surface area contributed by atoms with Gasteiger partial charge >= 0.3 is 0 Å². The van der Waals surface area contributed by atoms with Gasteiger partial charge in [0.2, 0.25) is 11.8 Å². The van der Waals surface area contributed by atoms with Crippen LogP contribution >= 0.6 is 0 Å². The predicted molar refractivity (Wildman–Crippen MR) is 74.4 cm³/mol. The zero-order valence-electron chi connectivity index (χ0n) is 11.6. The molecule has 1 aromatic carbocycles. The molecule has 0 aromatic heterocycles. The van der Waals surface area contributed by atoms with Crippen LogP contribution in [0.5, 0.6) is 0 Å². The summed E-state index contributed by atoms with van der Waals surface area (Å²) in [7, 11) is 1.70. The van der Waals surface area contributed by atoms with Crippen LogP contribution in [0.2, 0.25) is 0 Å². The molecule has 0 saturated carbocycles. The minimum Gasteiger partial charge on any atom is -0.350 e. The topological polar surface area (TPSA) is 70.2 Å². The molecular weight excluding hydrogens is 242 g/mol. The molecule has 0 fully saturated rings. The Morgan fingerprint density at radius 2 is 1.74 bits per heavy atom. The zero-order chi connectivity index (χ0) is 14.3. The highest BCUT2D eigenvalue weighted by Crippen LogP contribution is 1.99. The maximum atomic E-state index is 11.7. The lowest BCUT2D eigenvalue weighted by atomic mass is 10.1. The molecule has 0 unspecified atom stereocenters. The highest BCUT2D eigenvalue weighted by atomic mass is 16.2. The summed E-state index contributed by atoms with van der Waals surface area (Å²) in [5, 5.41) is 8.23. The van der Waals surface area contributed by atoms with Crippen LogP contribution < -0.4 is 16.0 Å². The van der Waals surface area contributed by atoms with E-state index >= 15 is 0 Å². The van der Waals surface area contributed by atoms with E-state index in [1.165, 1.54) is 0 Å². The first-order chi connectivity index (χ1) is 8.95. The van der Waals surface area contributed by atoms with Crippen molar-refractivity contribution >= 4 is 11.8 Å². The Morgan fingerprint density at radius 3 is 2.32 bits per heavy atom. The molecule has 1 aromatic rings. The minimum absolute atomic E-state index is 0.0171. The normalized spacial score (nSPS) is 10.9. The van der Waals surface area contributed by atoms with Gasteiger partial charge in [-0.1, -0.05) is 30.3 Å². The fourth-order valence-corrected chi connectivity index (χ4v) is 1.35. The number of likely N-dealkylation sites (N-methyl/N-ethyl adjacent to an activating group) is 1. The van der Waals surface area contributed by atoms with Gasteiger partial charge in [0.05, 0.1) is 12.1 Å². The Kier molecular flexibility index (Phi) is 5.51. The van der Waals surface area contributed by atoms with E-state index in [9.17, 15) is 9.59 Å². The summed E-state index contributed by atoms with van der Waals surface area (Å²) in [4.78, 5) is 23.3. The Bertz CT molecular complexity index is 430. The van der Waals surface area contributed by atoms with Crippen LogP contribution in [0, 0.1) is 0 Å². The SMILES string of the molecule is CNC(C)(C)C(=O)NCC(=O)NCc1ccccc1. The van der Waals surface area contributed by atoms with Gasteiger partial charge in [-0.25, -0.2) is 0 Å². The van der Waals surface area contributed by atoms with Gasteiger partial charge in [-0.2, -0.15) is 0 Å². The largest absolute Gasteiger partial charge is 0.350 e. The van der Waals surface area contributed by atoms with Crippen LogP contribution in [0.1, 0.15) is 19.4 Å². The average molecular weight is 263 g/mol. The molecule has 0 aliphatic heterocycles. The molecule has 0 radical (unpaired) electrons. The van der Waals surface area contributed by atoms with Crippen LogP contribution in [0.25, 0.3) is 0 Å². The van der Waals surface area contributed by atoms with Crippen molar-refractivity contribution in [2.24, 2.45) is 0 Å². The lowest BCUT2D eigenvalue weighted by Gasteiger charge is -2.22. The Morgan fingerprint density at radius 1 is 1.11 bits per heavy atom. The van der Waals surface area contributed by atoms with Crippen molar-refractivity contribution in [3.63, 3.8) is 0 Å². The molecule has 5 heteroatoms. The molecule has 19 heavy (non-hydrogen) atoms. The summed E-state index contributed by atoms with van der Waals surface area (Å²) in [5.74, 6) is -0.408. The van der Waals surface area contributed by atoms with E-state index in [0.717, 1.165) is 5.56 Å². The van der Waals surface area contributed by atoms with Gasteiger partial charge in [-0.3, -0.25) is 9.59 Å². The van der Waals surface area contributed by atoms with Crippen molar-refractivity contribution in [3.05, 3.63) is 35.9 Å². The highest BCUT2D eigenvalue weighted by molar-refractivity contribution is 5.89. The van der Waals surface area contributed by atoms with Gasteiger partial charge in [0.15, 0.2) is 0 Å². The van der Waals surface area contributed by atoms with E-state index in [0.29, 0.717) is 6.54 Å². The van der Waals surface area contributed by atoms with Gasteiger partial charge in [-0.15, -0.1) is 0 Å². The van der Waals surface area contributed by atoms with Gasteiger partial charge in [0.25, 0.3) is 0 Å². The molecule has 0 bridgehead atoms. The number of amides is 2. The van der Waals surface area contributed by atoms with E-state index in [1.54, 1.807) is 20.9 Å². The van der Waals surface area contributed by atoms with E-state index in [2.05, 4.69) is 16.0 Å². The molecule has 0 saturated heterocycles. The second kappa shape index (κ2) is 6.89. The van der Waals surface area contributed by atoms with Crippen LogP contribution in [-0.4, -0.2) is 30.9 Å². The van der Waals surface area contributed by atoms with E-state index in [1.807, 2.05) is 30.3 Å². The summed E-state index contributed by atoms with van der Waals surface area (Å²) in [6, 6.07) is 9.62. The second-order valence-electron chi connectivity index (χ2n) is 4.82. The maximum absolute atomic E-state index is 11.7. The van der Waals surface area contributed by atoms with Gasteiger partial charge < -0.3 is 16.0 Å². The molecule has 0 heterocycles. The standard InChI is InChI=1S/C14H21N3O2/c1-14(2,15-3)13(19)17-10-12(18)16-9-11-7-5-4-6-8-11/h4-8,15H,9-10H2,1-3H3,(H,16,18)(H,17,19). The fraction of sp³-hybridized carbons (Fsp3) is 0.429. The van der Waals surface area contributed by atoms with Crippen LogP contribution in [0.15, 0.2) is 30.3 Å². The number of rotatable bonds is 6. The highest BCUT2D eigenvalue weighted by Gasteiger charge is 2.25. The van der Waals surface area contributed by atoms with E-state index in [-0.39, 0.29) is 18.4 Å². The smallest absolute Gasteiger partial charge is 0.240 e. The third kappa shape index (κ3) is 5.09. The first-order valence-corrected chi connectivity index (χ1v) is 6.23. The molecule has 5 nitrogen and oxygen atoms in total. The fourth-order valence-electron chi connectivity index (χ4n) is 1.35. The summed E-state index contributed by atoms with van der Waals surface area (Å²) in [5.41, 5.74) is 0.345. The van der Waals surface area contributed by atoms with Crippen molar-refractivity contribution in [2.45, 2.75) is 25.9 Å². The van der Waals surface area contributed by atoms with Crippen molar-refractivity contribution in [1.29, 1.82) is 0 Å². The van der Waals surface area contributed by atoms with Crippen molar-refractivity contribution in [1.82, 2.24) is 16.0 Å². The summed E-state index contributed by atoms with van der Waals surface area (Å²) >= 11 is 0. The number of carbonyl (C=O) groups is 2. The zero-order valence-corrected chi connectivity index (χ0v) is 11.6. The molecule has 3 N–H and O–H groups in total. The second-order valence-corrected chi connectivity index (χ2v) is 4.82. The van der Waals surface area contributed by atoms with E-state index in [4.69, 9.17) is 0 Å². The number of carbonyl (C=O) groups excluding carboxylic acids is 2. The monoisotopic (exact) mass is 263 g/mol. The predicted octanol–water partition coefficient (Wildman–Crippen LogP) is 0.417. The third-order valence-electron chi connectivity index (χ3n) is 2.93. The molecule has 0 atom stereocenters. The summed E-state index contributed by atoms with van der Waals surface area (Å²) in [6.07, 6.45) is 0. The quantitative estimate of drug-likeness (QED) is 0.696. The lowest BCUT2D eigenvalue weighted by Crippen LogP contribution is -2.52. The molecule has 0 aliphatic rings. The van der Waals surface area contributed by atoms with Crippen molar-refractivity contribution in [3.8, 4) is 0 Å². The van der Waals surface area contributed by atoms with Gasteiger partial charge in [0, 0.05) is 6.54 Å². The van der Waals surface area contributed by atoms with Crippen molar-refractivity contribution in [2.75, 3.05) is 13.6 Å². The Hall–Kier alpha value is -1.88. The molecular formula is C14H21N3O2. The van der Waals surface area contributed by atoms with Crippen LogP contribution in [0.3, 0.4) is 0 Å². The molecule has 1 rings (SSSR count).